The van der Waals surface area contributed by atoms with E-state index in [2.05, 4.69) is 20.8 Å². The highest BCUT2D eigenvalue weighted by Gasteiger charge is 2.97. The third-order valence-electron chi connectivity index (χ3n) is 9.14. The van der Waals surface area contributed by atoms with Gasteiger partial charge < -0.3 is 34.3 Å². The Labute approximate surface area is 158 Å². The fourth-order valence-corrected chi connectivity index (χ4v) is 8.61. The van der Waals surface area contributed by atoms with E-state index < -0.39 is 46.6 Å². The van der Waals surface area contributed by atoms with Gasteiger partial charge in [0.1, 0.15) is 11.2 Å². The summed E-state index contributed by atoms with van der Waals surface area (Å²) in [6, 6.07) is 0. The highest BCUT2D eigenvalue weighted by atomic mass is 16.7. The number of ether oxygens (including phenoxy) is 4. The van der Waals surface area contributed by atoms with Gasteiger partial charge in [-0.15, -0.1) is 0 Å². The molecule has 0 aromatic rings. The maximum atomic E-state index is 12.0. The zero-order chi connectivity index (χ0) is 19.2. The molecule has 4 aliphatic heterocycles. The second-order valence-corrected chi connectivity index (χ2v) is 10.8. The molecule has 152 valence electrons. The summed E-state index contributed by atoms with van der Waals surface area (Å²) in [5.74, 6) is -0.402. The van der Waals surface area contributed by atoms with Gasteiger partial charge in [-0.05, 0) is 11.8 Å². The Morgan fingerprint density at radius 3 is 2.48 bits per heavy atom. The van der Waals surface area contributed by atoms with Gasteiger partial charge >= 0.3 is 0 Å². The number of rotatable bonds is 0. The molecule has 7 unspecified atom stereocenters. The Hall–Kier alpha value is -0.280. The zero-order valence-corrected chi connectivity index (χ0v) is 16.3. The molecule has 4 saturated heterocycles. The normalized spacial score (nSPS) is 66.1. The maximum Gasteiger partial charge on any atom is 0.168 e. The summed E-state index contributed by atoms with van der Waals surface area (Å²) in [6.45, 7) is 9.07. The average Bonchev–Trinajstić information content (AvgIpc) is 3.29. The molecule has 7 heteroatoms. The summed E-state index contributed by atoms with van der Waals surface area (Å²) in [5.41, 5.74) is -4.10. The largest absolute Gasteiger partial charge is 0.390 e. The highest BCUT2D eigenvalue weighted by Crippen LogP contribution is 2.84. The molecule has 11 atom stereocenters. The van der Waals surface area contributed by atoms with E-state index in [9.17, 15) is 15.3 Å². The average molecular weight is 382 g/mol. The summed E-state index contributed by atoms with van der Waals surface area (Å²) in [5, 5.41) is 34.7. The van der Waals surface area contributed by atoms with Crippen molar-refractivity contribution in [2.24, 2.45) is 28.1 Å². The molecule has 0 bridgehead atoms. The van der Waals surface area contributed by atoms with Crippen molar-refractivity contribution >= 4 is 0 Å². The molecule has 4 heterocycles. The van der Waals surface area contributed by atoms with Crippen LogP contribution in [0.4, 0.5) is 0 Å². The number of aliphatic hydroxyl groups excluding tert-OH is 2. The lowest BCUT2D eigenvalue weighted by molar-refractivity contribution is -0.244. The van der Waals surface area contributed by atoms with Gasteiger partial charge in [0.2, 0.25) is 0 Å². The van der Waals surface area contributed by atoms with Crippen molar-refractivity contribution in [2.45, 2.75) is 76.0 Å². The first-order valence-corrected chi connectivity index (χ1v) is 10.2. The molecule has 2 saturated carbocycles. The lowest BCUT2D eigenvalue weighted by Gasteiger charge is -2.49. The van der Waals surface area contributed by atoms with Crippen LogP contribution in [0.15, 0.2) is 0 Å². The topological polar surface area (TPSA) is 97.6 Å². The summed E-state index contributed by atoms with van der Waals surface area (Å²) in [6.07, 6.45) is -2.57. The monoisotopic (exact) mass is 382 g/mol. The maximum absolute atomic E-state index is 12.0. The minimum absolute atomic E-state index is 0.122. The molecule has 7 nitrogen and oxygen atoms in total. The Bertz CT molecular complexity index is 707. The Morgan fingerprint density at radius 2 is 1.78 bits per heavy atom. The second kappa shape index (κ2) is 4.56. The summed E-state index contributed by atoms with van der Waals surface area (Å²) in [4.78, 5) is 0. The molecule has 2 aliphatic carbocycles. The number of aliphatic hydroxyl groups is 3. The Balaban J connectivity index is 1.66. The van der Waals surface area contributed by atoms with Crippen molar-refractivity contribution in [1.82, 2.24) is 0 Å². The summed E-state index contributed by atoms with van der Waals surface area (Å²) >= 11 is 0. The highest BCUT2D eigenvalue weighted by molar-refractivity contribution is 5.42. The molecular formula is C20H30O7. The third-order valence-corrected chi connectivity index (χ3v) is 9.14. The quantitative estimate of drug-likeness (QED) is 0.545. The van der Waals surface area contributed by atoms with Crippen LogP contribution in [0.25, 0.3) is 0 Å². The summed E-state index contributed by atoms with van der Waals surface area (Å²) < 4.78 is 24.8. The van der Waals surface area contributed by atoms with Crippen molar-refractivity contribution in [1.29, 1.82) is 0 Å². The van der Waals surface area contributed by atoms with Gasteiger partial charge in [-0.25, -0.2) is 0 Å². The van der Waals surface area contributed by atoms with Crippen LogP contribution < -0.4 is 0 Å². The molecule has 0 aromatic carbocycles. The van der Waals surface area contributed by atoms with Gasteiger partial charge in [0.05, 0.1) is 49.7 Å². The molecule has 6 aliphatic rings. The first-order valence-electron chi connectivity index (χ1n) is 10.2. The lowest BCUT2D eigenvalue weighted by atomic mass is 9.51. The van der Waals surface area contributed by atoms with Crippen molar-refractivity contribution < 1.29 is 34.3 Å². The van der Waals surface area contributed by atoms with Gasteiger partial charge in [0.25, 0.3) is 0 Å². The minimum Gasteiger partial charge on any atom is -0.390 e. The predicted octanol–water partition coefficient (Wildman–Crippen LogP) is 0.0507. The number of hydrogen-bond acceptors (Lipinski definition) is 7. The van der Waals surface area contributed by atoms with Crippen LogP contribution in [0.1, 0.15) is 34.1 Å². The van der Waals surface area contributed by atoms with Gasteiger partial charge in [-0.2, -0.15) is 0 Å². The van der Waals surface area contributed by atoms with E-state index in [1.807, 2.05) is 6.92 Å². The van der Waals surface area contributed by atoms with Crippen LogP contribution in [-0.2, 0) is 18.9 Å². The van der Waals surface area contributed by atoms with Crippen molar-refractivity contribution in [3.05, 3.63) is 0 Å². The molecule has 0 aromatic heterocycles. The van der Waals surface area contributed by atoms with Crippen LogP contribution in [0.5, 0.6) is 0 Å². The van der Waals surface area contributed by atoms with Crippen molar-refractivity contribution in [2.75, 3.05) is 19.8 Å². The molecule has 0 amide bonds. The van der Waals surface area contributed by atoms with E-state index in [4.69, 9.17) is 18.9 Å². The van der Waals surface area contributed by atoms with Crippen LogP contribution in [-0.4, -0.2) is 77.0 Å². The zero-order valence-electron chi connectivity index (χ0n) is 16.3. The van der Waals surface area contributed by atoms with Gasteiger partial charge in [0, 0.05) is 17.3 Å². The fourth-order valence-electron chi connectivity index (χ4n) is 8.61. The van der Waals surface area contributed by atoms with Crippen LogP contribution in [0.2, 0.25) is 0 Å². The van der Waals surface area contributed by atoms with E-state index in [1.165, 1.54) is 0 Å². The van der Waals surface area contributed by atoms with Crippen molar-refractivity contribution in [3.63, 3.8) is 0 Å². The molecule has 0 radical (unpaired) electrons. The molecule has 3 N–H and O–H groups in total. The molecule has 6 rings (SSSR count). The molecule has 27 heavy (non-hydrogen) atoms. The van der Waals surface area contributed by atoms with E-state index in [-0.39, 0.29) is 36.6 Å². The van der Waals surface area contributed by atoms with Gasteiger partial charge in [0.15, 0.2) is 6.29 Å². The number of hydrogen-bond donors (Lipinski definition) is 3. The third kappa shape index (κ3) is 1.37. The Kier molecular flexibility index (Phi) is 2.97. The van der Waals surface area contributed by atoms with E-state index in [0.29, 0.717) is 13.0 Å². The second-order valence-electron chi connectivity index (χ2n) is 10.8. The summed E-state index contributed by atoms with van der Waals surface area (Å²) in [7, 11) is 0. The van der Waals surface area contributed by atoms with E-state index in [1.54, 1.807) is 0 Å². The van der Waals surface area contributed by atoms with Crippen LogP contribution >= 0.6 is 0 Å². The first-order chi connectivity index (χ1) is 12.6. The lowest BCUT2D eigenvalue weighted by Crippen LogP contribution is -2.64. The van der Waals surface area contributed by atoms with E-state index in [0.717, 1.165) is 0 Å². The van der Waals surface area contributed by atoms with Crippen LogP contribution in [0.3, 0.4) is 0 Å². The standard InChI is InChI=1S/C20H30O7/c1-9-6-24-11-5-17-14-12(22)13(16(2,3)4)19(17)10(21)7-25-15(19)27-18(17,8-26-14)20(9,11)23/h9-15,21-23H,5-8H2,1-4H3/t9-,10?,11?,12-,13+,14?,15?,17?,18?,19?,20-/m1/s1. The molecular weight excluding hydrogens is 352 g/mol. The van der Waals surface area contributed by atoms with Crippen LogP contribution in [0, 0.1) is 28.1 Å². The SMILES string of the molecule is C[C@@H]1COC2CC34C5OCC3(OC3OCC(O)C34[C@H](C(C)(C)C)[C@H]5O)[C@]21O. The molecule has 6 fully saturated rings. The molecule has 2 spiro atoms. The Morgan fingerprint density at radius 1 is 1.04 bits per heavy atom. The van der Waals surface area contributed by atoms with E-state index >= 15 is 0 Å². The smallest absolute Gasteiger partial charge is 0.168 e. The van der Waals surface area contributed by atoms with Crippen molar-refractivity contribution in [3.8, 4) is 0 Å². The van der Waals surface area contributed by atoms with Gasteiger partial charge in [-0.1, -0.05) is 27.7 Å². The van der Waals surface area contributed by atoms with Gasteiger partial charge in [-0.3, -0.25) is 0 Å². The minimum atomic E-state index is -1.21. The fraction of sp³-hybridized carbons (Fsp3) is 1.00. The number of fused-ring (bicyclic) bond motifs is 1. The predicted molar refractivity (Wildman–Crippen MR) is 91.6 cm³/mol. The first kappa shape index (κ1) is 17.6.